The number of nitrogens with zero attached hydrogens (tertiary/aromatic N) is 3. The Kier molecular flexibility index (Phi) is 2.49. The van der Waals surface area contributed by atoms with Gasteiger partial charge in [0.15, 0.2) is 4.96 Å². The van der Waals surface area contributed by atoms with Crippen molar-refractivity contribution in [2.45, 2.75) is 19.4 Å². The largest absolute Gasteiger partial charge is 0.300 e. The number of likely N-dealkylation sites (tertiary alicyclic amines) is 1. The highest BCUT2D eigenvalue weighted by Crippen LogP contribution is 2.14. The minimum atomic E-state index is 0.391. The van der Waals surface area contributed by atoms with E-state index >= 15 is 0 Å². The fraction of sp³-hybridized carbons (Fsp3) is 0.455. The third kappa shape index (κ3) is 1.88. The zero-order valence-corrected chi connectivity index (χ0v) is 9.74. The maximum absolute atomic E-state index is 11.1. The summed E-state index contributed by atoms with van der Waals surface area (Å²) in [4.78, 5) is 19.0. The molecule has 0 spiro atoms. The van der Waals surface area contributed by atoms with Crippen LogP contribution in [0.3, 0.4) is 0 Å². The Morgan fingerprint density at radius 3 is 2.94 bits per heavy atom. The highest BCUT2D eigenvalue weighted by Gasteiger charge is 2.17. The molecule has 0 saturated carbocycles. The Labute approximate surface area is 97.5 Å². The minimum Gasteiger partial charge on any atom is -0.300 e. The SMILES string of the molecule is O=C1CCN(Cc2cn3ccsc3n2)CC1. The summed E-state index contributed by atoms with van der Waals surface area (Å²) in [7, 11) is 0. The van der Waals surface area contributed by atoms with Crippen LogP contribution < -0.4 is 0 Å². The van der Waals surface area contributed by atoms with Crippen LogP contribution in [-0.4, -0.2) is 33.2 Å². The Morgan fingerprint density at radius 2 is 2.19 bits per heavy atom. The topological polar surface area (TPSA) is 37.6 Å². The first-order valence-corrected chi connectivity index (χ1v) is 6.34. The molecule has 0 aliphatic carbocycles. The molecule has 2 aromatic heterocycles. The molecule has 2 aromatic rings. The van der Waals surface area contributed by atoms with Crippen LogP contribution in [0.2, 0.25) is 0 Å². The number of thiazole rings is 1. The third-order valence-corrected chi connectivity index (χ3v) is 3.71. The van der Waals surface area contributed by atoms with Gasteiger partial charge in [0.1, 0.15) is 5.78 Å². The van der Waals surface area contributed by atoms with Crippen molar-refractivity contribution in [1.82, 2.24) is 14.3 Å². The summed E-state index contributed by atoms with van der Waals surface area (Å²) in [6.45, 7) is 2.62. The van der Waals surface area contributed by atoms with Gasteiger partial charge in [0, 0.05) is 50.2 Å². The number of hydrogen-bond acceptors (Lipinski definition) is 4. The second-order valence-electron chi connectivity index (χ2n) is 4.14. The molecule has 4 nitrogen and oxygen atoms in total. The quantitative estimate of drug-likeness (QED) is 0.792. The maximum Gasteiger partial charge on any atom is 0.193 e. The van der Waals surface area contributed by atoms with E-state index in [4.69, 9.17) is 0 Å². The number of hydrogen-bond donors (Lipinski definition) is 0. The highest BCUT2D eigenvalue weighted by molar-refractivity contribution is 7.15. The Bertz CT molecular complexity index is 478. The molecule has 1 fully saturated rings. The molecule has 0 atom stereocenters. The molecule has 0 amide bonds. The smallest absolute Gasteiger partial charge is 0.193 e. The van der Waals surface area contributed by atoms with E-state index in [9.17, 15) is 4.79 Å². The average Bonchev–Trinajstić information content (AvgIpc) is 2.81. The first-order chi connectivity index (χ1) is 7.81. The third-order valence-electron chi connectivity index (χ3n) is 2.94. The molecule has 0 N–H and O–H groups in total. The van der Waals surface area contributed by atoms with Crippen LogP contribution in [0.25, 0.3) is 4.96 Å². The average molecular weight is 235 g/mol. The van der Waals surface area contributed by atoms with Gasteiger partial charge in [-0.05, 0) is 0 Å². The van der Waals surface area contributed by atoms with Crippen molar-refractivity contribution in [1.29, 1.82) is 0 Å². The predicted molar refractivity (Wildman–Crippen MR) is 62.6 cm³/mol. The summed E-state index contributed by atoms with van der Waals surface area (Å²) in [5.74, 6) is 0.391. The molecule has 0 unspecified atom stereocenters. The molecule has 1 aliphatic rings. The van der Waals surface area contributed by atoms with Gasteiger partial charge in [-0.2, -0.15) is 0 Å². The number of rotatable bonds is 2. The lowest BCUT2D eigenvalue weighted by molar-refractivity contribution is -0.121. The molecular formula is C11H13N3OS. The number of carbonyl (C=O) groups excluding carboxylic acids is 1. The van der Waals surface area contributed by atoms with E-state index in [1.165, 1.54) is 0 Å². The Morgan fingerprint density at radius 1 is 1.38 bits per heavy atom. The van der Waals surface area contributed by atoms with Gasteiger partial charge < -0.3 is 0 Å². The number of ketones is 1. The van der Waals surface area contributed by atoms with Crippen LogP contribution in [0.15, 0.2) is 17.8 Å². The normalized spacial score (nSPS) is 18.4. The van der Waals surface area contributed by atoms with Crippen molar-refractivity contribution in [2.75, 3.05) is 13.1 Å². The lowest BCUT2D eigenvalue weighted by Crippen LogP contribution is -2.33. The molecule has 0 aromatic carbocycles. The molecule has 5 heteroatoms. The number of carbonyl (C=O) groups is 1. The Hall–Kier alpha value is -1.20. The van der Waals surface area contributed by atoms with Crippen LogP contribution in [0.4, 0.5) is 0 Å². The molecule has 3 heterocycles. The minimum absolute atomic E-state index is 0.391. The molecule has 84 valence electrons. The molecular weight excluding hydrogens is 222 g/mol. The molecule has 1 aliphatic heterocycles. The van der Waals surface area contributed by atoms with Crippen LogP contribution >= 0.6 is 11.3 Å². The van der Waals surface area contributed by atoms with Crippen molar-refractivity contribution in [3.05, 3.63) is 23.5 Å². The zero-order chi connectivity index (χ0) is 11.0. The fourth-order valence-electron chi connectivity index (χ4n) is 2.04. The van der Waals surface area contributed by atoms with Crippen molar-refractivity contribution in [2.24, 2.45) is 0 Å². The van der Waals surface area contributed by atoms with Crippen molar-refractivity contribution in [3.8, 4) is 0 Å². The highest BCUT2D eigenvalue weighted by atomic mass is 32.1. The summed E-state index contributed by atoms with van der Waals surface area (Å²) in [6, 6.07) is 0. The first kappa shape index (κ1) is 9.99. The van der Waals surface area contributed by atoms with Gasteiger partial charge in [-0.15, -0.1) is 11.3 Å². The number of fused-ring (bicyclic) bond motifs is 1. The van der Waals surface area contributed by atoms with Gasteiger partial charge in [-0.1, -0.05) is 0 Å². The van der Waals surface area contributed by atoms with Crippen molar-refractivity contribution < 1.29 is 4.79 Å². The van der Waals surface area contributed by atoms with E-state index in [0.717, 1.165) is 30.3 Å². The van der Waals surface area contributed by atoms with Gasteiger partial charge in [0.05, 0.1) is 5.69 Å². The first-order valence-electron chi connectivity index (χ1n) is 5.46. The zero-order valence-electron chi connectivity index (χ0n) is 8.93. The van der Waals surface area contributed by atoms with E-state index in [-0.39, 0.29) is 0 Å². The number of imidazole rings is 1. The van der Waals surface area contributed by atoms with Crippen LogP contribution in [0.5, 0.6) is 0 Å². The van der Waals surface area contributed by atoms with Crippen LogP contribution in [0.1, 0.15) is 18.5 Å². The molecule has 16 heavy (non-hydrogen) atoms. The van der Waals surface area contributed by atoms with E-state index in [1.54, 1.807) is 11.3 Å². The van der Waals surface area contributed by atoms with Gasteiger partial charge in [0.2, 0.25) is 0 Å². The summed E-state index contributed by atoms with van der Waals surface area (Å²) in [5.41, 5.74) is 1.10. The summed E-state index contributed by atoms with van der Waals surface area (Å²) in [6.07, 6.45) is 5.49. The standard InChI is InChI=1S/C11H13N3OS/c15-10-1-3-13(4-2-10)7-9-8-14-5-6-16-11(14)12-9/h5-6,8H,1-4,7H2. The van der Waals surface area contributed by atoms with Gasteiger partial charge >= 0.3 is 0 Å². The van der Waals surface area contributed by atoms with E-state index < -0.39 is 0 Å². The van der Waals surface area contributed by atoms with E-state index in [1.807, 2.05) is 11.6 Å². The molecule has 0 radical (unpaired) electrons. The number of Topliss-reactive ketones (excluding diaryl/α,β-unsaturated/α-hetero) is 1. The summed E-state index contributed by atoms with van der Waals surface area (Å²) < 4.78 is 2.05. The van der Waals surface area contributed by atoms with E-state index in [0.29, 0.717) is 18.6 Å². The molecule has 1 saturated heterocycles. The molecule has 0 bridgehead atoms. The lowest BCUT2D eigenvalue weighted by Gasteiger charge is -2.24. The lowest BCUT2D eigenvalue weighted by atomic mass is 10.1. The van der Waals surface area contributed by atoms with E-state index in [2.05, 4.69) is 20.5 Å². The van der Waals surface area contributed by atoms with Gasteiger partial charge in [-0.25, -0.2) is 4.98 Å². The fourth-order valence-corrected chi connectivity index (χ4v) is 2.76. The monoisotopic (exact) mass is 235 g/mol. The summed E-state index contributed by atoms with van der Waals surface area (Å²) >= 11 is 1.65. The second kappa shape index (κ2) is 3.99. The van der Waals surface area contributed by atoms with Crippen molar-refractivity contribution >= 4 is 22.1 Å². The molecule has 3 rings (SSSR count). The number of aromatic nitrogens is 2. The second-order valence-corrected chi connectivity index (χ2v) is 5.01. The Balaban J connectivity index is 1.70. The van der Waals surface area contributed by atoms with Gasteiger partial charge in [0.25, 0.3) is 0 Å². The predicted octanol–water partition coefficient (Wildman–Crippen LogP) is 1.56. The number of piperidine rings is 1. The summed E-state index contributed by atoms with van der Waals surface area (Å²) in [5, 5.41) is 2.03. The van der Waals surface area contributed by atoms with Gasteiger partial charge in [-0.3, -0.25) is 14.1 Å². The van der Waals surface area contributed by atoms with Crippen LogP contribution in [0, 0.1) is 0 Å². The van der Waals surface area contributed by atoms with Crippen molar-refractivity contribution in [3.63, 3.8) is 0 Å². The maximum atomic E-state index is 11.1. The van der Waals surface area contributed by atoms with Crippen LogP contribution in [-0.2, 0) is 11.3 Å².